The summed E-state index contributed by atoms with van der Waals surface area (Å²) in [6.07, 6.45) is 2.08. The van der Waals surface area contributed by atoms with E-state index in [0.717, 1.165) is 18.6 Å². The van der Waals surface area contributed by atoms with Gasteiger partial charge in [0, 0.05) is 12.0 Å². The minimum absolute atomic E-state index is 0.0669. The average molecular weight is 244 g/mol. The molecule has 0 unspecified atom stereocenters. The fourth-order valence-electron chi connectivity index (χ4n) is 2.07. The first-order valence-corrected chi connectivity index (χ1v) is 5.98. The zero-order valence-electron chi connectivity index (χ0n) is 10.4. The lowest BCUT2D eigenvalue weighted by Gasteiger charge is -2.16. The molecule has 1 fully saturated rings. The molecular formula is C14H16N2O2. The topological polar surface area (TPSA) is 62.1 Å². The van der Waals surface area contributed by atoms with E-state index in [9.17, 15) is 4.79 Å². The first-order valence-electron chi connectivity index (χ1n) is 5.98. The van der Waals surface area contributed by atoms with Gasteiger partial charge in [-0.25, -0.2) is 0 Å². The van der Waals surface area contributed by atoms with Crippen LogP contribution in [-0.2, 0) is 10.2 Å². The van der Waals surface area contributed by atoms with Crippen LogP contribution in [0.4, 0.5) is 0 Å². The molecule has 2 rings (SSSR count). The van der Waals surface area contributed by atoms with Crippen molar-refractivity contribution in [2.45, 2.75) is 24.7 Å². The van der Waals surface area contributed by atoms with Crippen LogP contribution in [0.15, 0.2) is 24.3 Å². The van der Waals surface area contributed by atoms with Gasteiger partial charge in [-0.05, 0) is 30.5 Å². The maximum absolute atomic E-state index is 11.3. The Kier molecular flexibility index (Phi) is 3.52. The van der Waals surface area contributed by atoms with Crippen LogP contribution in [-0.4, -0.2) is 19.6 Å². The largest absolute Gasteiger partial charge is 0.497 e. The summed E-state index contributed by atoms with van der Waals surface area (Å²) in [5.74, 6) is 0.639. The molecule has 4 heteroatoms. The van der Waals surface area contributed by atoms with Crippen LogP contribution in [0.3, 0.4) is 0 Å². The molecule has 0 heterocycles. The van der Waals surface area contributed by atoms with Crippen molar-refractivity contribution in [2.24, 2.45) is 0 Å². The molecule has 1 aromatic rings. The first-order chi connectivity index (χ1) is 8.70. The van der Waals surface area contributed by atoms with Crippen LogP contribution < -0.4 is 10.1 Å². The smallest absolute Gasteiger partial charge is 0.234 e. The molecule has 1 aliphatic carbocycles. The number of nitriles is 1. The van der Waals surface area contributed by atoms with E-state index < -0.39 is 0 Å². The standard InChI is InChI=1S/C14H16N2O2/c1-18-12-4-2-11(3-5-12)14(7-8-14)10-16-13(17)6-9-15/h2-5H,6-8,10H2,1H3,(H,16,17). The van der Waals surface area contributed by atoms with Crippen molar-refractivity contribution in [3.8, 4) is 11.8 Å². The van der Waals surface area contributed by atoms with Gasteiger partial charge in [-0.15, -0.1) is 0 Å². The van der Waals surface area contributed by atoms with Crippen LogP contribution in [0.1, 0.15) is 24.8 Å². The summed E-state index contributed by atoms with van der Waals surface area (Å²) in [5.41, 5.74) is 1.29. The number of benzene rings is 1. The van der Waals surface area contributed by atoms with Gasteiger partial charge < -0.3 is 10.1 Å². The molecule has 1 N–H and O–H groups in total. The van der Waals surface area contributed by atoms with E-state index in [1.54, 1.807) is 7.11 Å². The molecule has 0 atom stereocenters. The highest BCUT2D eigenvalue weighted by Gasteiger charge is 2.44. The molecule has 0 aliphatic heterocycles. The number of nitrogens with one attached hydrogen (secondary N) is 1. The fraction of sp³-hybridized carbons (Fsp3) is 0.429. The molecule has 1 saturated carbocycles. The minimum atomic E-state index is -0.197. The van der Waals surface area contributed by atoms with Gasteiger partial charge in [-0.2, -0.15) is 5.26 Å². The molecule has 94 valence electrons. The normalized spacial score (nSPS) is 15.6. The average Bonchev–Trinajstić information content (AvgIpc) is 3.18. The predicted octanol–water partition coefficient (Wildman–Crippen LogP) is 1.76. The molecule has 0 spiro atoms. The Morgan fingerprint density at radius 3 is 2.61 bits per heavy atom. The molecule has 0 aromatic heterocycles. The second kappa shape index (κ2) is 5.09. The molecule has 0 radical (unpaired) electrons. The second-order valence-corrected chi connectivity index (χ2v) is 4.62. The second-order valence-electron chi connectivity index (χ2n) is 4.62. The third kappa shape index (κ3) is 2.62. The summed E-state index contributed by atoms with van der Waals surface area (Å²) < 4.78 is 5.13. The van der Waals surface area contributed by atoms with Gasteiger partial charge in [-0.3, -0.25) is 4.79 Å². The molecule has 0 bridgehead atoms. The quantitative estimate of drug-likeness (QED) is 0.858. The lowest BCUT2D eigenvalue weighted by Crippen LogP contribution is -2.31. The van der Waals surface area contributed by atoms with Crippen molar-refractivity contribution in [2.75, 3.05) is 13.7 Å². The molecule has 18 heavy (non-hydrogen) atoms. The van der Waals surface area contributed by atoms with E-state index in [-0.39, 0.29) is 17.7 Å². The van der Waals surface area contributed by atoms with E-state index in [4.69, 9.17) is 10.00 Å². The fourth-order valence-corrected chi connectivity index (χ4v) is 2.07. The zero-order valence-corrected chi connectivity index (χ0v) is 10.4. The Hall–Kier alpha value is -2.02. The highest BCUT2D eigenvalue weighted by molar-refractivity contribution is 5.78. The van der Waals surface area contributed by atoms with Gasteiger partial charge in [0.2, 0.25) is 5.91 Å². The number of ether oxygens (including phenoxy) is 1. The number of hydrogen-bond donors (Lipinski definition) is 1. The number of rotatable bonds is 5. The number of carbonyl (C=O) groups excluding carboxylic acids is 1. The number of hydrogen-bond acceptors (Lipinski definition) is 3. The Balaban J connectivity index is 1.98. The highest BCUT2D eigenvalue weighted by Crippen LogP contribution is 2.47. The number of methoxy groups -OCH3 is 1. The zero-order chi connectivity index (χ0) is 13.0. The van der Waals surface area contributed by atoms with Crippen molar-refractivity contribution >= 4 is 5.91 Å². The van der Waals surface area contributed by atoms with Crippen LogP contribution in [0.5, 0.6) is 5.75 Å². The maximum atomic E-state index is 11.3. The van der Waals surface area contributed by atoms with Crippen molar-refractivity contribution in [1.82, 2.24) is 5.32 Å². The van der Waals surface area contributed by atoms with E-state index in [1.165, 1.54) is 5.56 Å². The van der Waals surface area contributed by atoms with Gasteiger partial charge in [0.25, 0.3) is 0 Å². The summed E-state index contributed by atoms with van der Waals surface area (Å²) >= 11 is 0. The third-order valence-corrected chi connectivity index (χ3v) is 3.42. The monoisotopic (exact) mass is 244 g/mol. The number of amides is 1. The molecule has 1 aliphatic rings. The van der Waals surface area contributed by atoms with E-state index >= 15 is 0 Å². The summed E-state index contributed by atoms with van der Waals surface area (Å²) in [7, 11) is 1.64. The molecular weight excluding hydrogens is 228 g/mol. The summed E-state index contributed by atoms with van der Waals surface area (Å²) in [5, 5.41) is 11.3. The summed E-state index contributed by atoms with van der Waals surface area (Å²) in [6.45, 7) is 0.611. The molecule has 1 amide bonds. The van der Waals surface area contributed by atoms with Crippen LogP contribution in [0.2, 0.25) is 0 Å². The van der Waals surface area contributed by atoms with Crippen molar-refractivity contribution < 1.29 is 9.53 Å². The van der Waals surface area contributed by atoms with Gasteiger partial charge >= 0.3 is 0 Å². The van der Waals surface area contributed by atoms with Crippen LogP contribution in [0.25, 0.3) is 0 Å². The Labute approximate surface area is 107 Å². The molecule has 1 aromatic carbocycles. The maximum Gasteiger partial charge on any atom is 0.234 e. The number of nitrogens with zero attached hydrogens (tertiary/aromatic N) is 1. The van der Waals surface area contributed by atoms with E-state index in [1.807, 2.05) is 30.3 Å². The Morgan fingerprint density at radius 2 is 2.11 bits per heavy atom. The van der Waals surface area contributed by atoms with Gasteiger partial charge in [0.05, 0.1) is 13.2 Å². The van der Waals surface area contributed by atoms with Gasteiger partial charge in [0.15, 0.2) is 0 Å². The summed E-state index contributed by atoms with van der Waals surface area (Å²) in [4.78, 5) is 11.3. The van der Waals surface area contributed by atoms with Crippen LogP contribution in [0, 0.1) is 11.3 Å². The molecule has 0 saturated heterocycles. The first kappa shape index (κ1) is 12.4. The lowest BCUT2D eigenvalue weighted by molar-refractivity contribution is -0.120. The van der Waals surface area contributed by atoms with Crippen LogP contribution >= 0.6 is 0 Å². The van der Waals surface area contributed by atoms with Crippen molar-refractivity contribution in [3.63, 3.8) is 0 Å². The van der Waals surface area contributed by atoms with Gasteiger partial charge in [-0.1, -0.05) is 12.1 Å². The molecule has 4 nitrogen and oxygen atoms in total. The predicted molar refractivity (Wildman–Crippen MR) is 67.1 cm³/mol. The van der Waals surface area contributed by atoms with Gasteiger partial charge in [0.1, 0.15) is 12.2 Å². The highest BCUT2D eigenvalue weighted by atomic mass is 16.5. The third-order valence-electron chi connectivity index (χ3n) is 3.42. The minimum Gasteiger partial charge on any atom is -0.497 e. The Bertz CT molecular complexity index is 470. The van der Waals surface area contributed by atoms with E-state index in [2.05, 4.69) is 5.32 Å². The van der Waals surface area contributed by atoms with E-state index in [0.29, 0.717) is 6.54 Å². The van der Waals surface area contributed by atoms with Crippen molar-refractivity contribution in [1.29, 1.82) is 5.26 Å². The van der Waals surface area contributed by atoms with Crippen molar-refractivity contribution in [3.05, 3.63) is 29.8 Å². The Morgan fingerprint density at radius 1 is 1.44 bits per heavy atom. The SMILES string of the molecule is COc1ccc(C2(CNC(=O)CC#N)CC2)cc1. The summed E-state index contributed by atoms with van der Waals surface area (Å²) in [6, 6.07) is 9.81. The number of carbonyl (C=O) groups is 1. The lowest BCUT2D eigenvalue weighted by atomic mass is 9.96.